The Morgan fingerprint density at radius 1 is 1.00 bits per heavy atom. The number of rotatable bonds is 3. The van der Waals surface area contributed by atoms with E-state index in [2.05, 4.69) is 78.3 Å². The van der Waals surface area contributed by atoms with E-state index in [-0.39, 0.29) is 0 Å². The highest BCUT2D eigenvalue weighted by Crippen LogP contribution is 2.36. The Balaban J connectivity index is 1.63. The molecule has 0 spiro atoms. The highest BCUT2D eigenvalue weighted by Gasteiger charge is 2.28. The Morgan fingerprint density at radius 3 is 2.64 bits per heavy atom. The number of hydrogen-bond donors (Lipinski definition) is 0. The van der Waals surface area contributed by atoms with E-state index < -0.39 is 0 Å². The lowest BCUT2D eigenvalue weighted by atomic mass is 10.1. The molecule has 124 valence electrons. The third kappa shape index (κ3) is 3.18. The van der Waals surface area contributed by atoms with Gasteiger partial charge in [0.25, 0.3) is 0 Å². The zero-order chi connectivity index (χ0) is 17.2. The summed E-state index contributed by atoms with van der Waals surface area (Å²) in [5.41, 5.74) is 5.94. The molecule has 2 aromatic carbocycles. The van der Waals surface area contributed by atoms with Gasteiger partial charge in [0, 0.05) is 17.9 Å². The van der Waals surface area contributed by atoms with Gasteiger partial charge in [0.1, 0.15) is 0 Å². The Morgan fingerprint density at radius 2 is 1.80 bits per heavy atom. The second-order valence-electron chi connectivity index (χ2n) is 6.58. The van der Waals surface area contributed by atoms with Gasteiger partial charge in [0.2, 0.25) is 5.95 Å². The number of nitrogens with zero attached hydrogens (tertiary/aromatic N) is 3. The number of aryl methyl sites for hydroxylation is 1. The minimum Gasteiger partial charge on any atom is -0.307 e. The molecule has 0 N–H and O–H groups in total. The van der Waals surface area contributed by atoms with E-state index in [0.29, 0.717) is 6.04 Å². The zero-order valence-electron chi connectivity index (χ0n) is 14.6. The molecule has 3 aromatic rings. The first-order valence-electron chi connectivity index (χ1n) is 8.65. The molecular weight excluding hydrogens is 306 g/mol. The van der Waals surface area contributed by atoms with E-state index >= 15 is 0 Å². The van der Waals surface area contributed by atoms with Crippen molar-refractivity contribution in [3.8, 4) is 0 Å². The molecule has 0 bridgehead atoms. The maximum Gasteiger partial charge on any atom is 0.230 e. The highest BCUT2D eigenvalue weighted by molar-refractivity contribution is 5.70. The van der Waals surface area contributed by atoms with Crippen LogP contribution >= 0.6 is 0 Å². The lowest BCUT2D eigenvalue weighted by Gasteiger charge is -2.22. The van der Waals surface area contributed by atoms with E-state index in [1.807, 2.05) is 18.3 Å². The molecule has 0 aliphatic carbocycles. The highest BCUT2D eigenvalue weighted by atomic mass is 15.3. The molecule has 3 heteroatoms. The van der Waals surface area contributed by atoms with E-state index in [1.54, 1.807) is 0 Å². The van der Waals surface area contributed by atoms with Gasteiger partial charge in [-0.05, 0) is 49.6 Å². The molecule has 2 heterocycles. The summed E-state index contributed by atoms with van der Waals surface area (Å²) in [6.07, 6.45) is 7.00. The first-order chi connectivity index (χ1) is 12.2. The molecule has 0 saturated heterocycles. The third-order valence-electron chi connectivity index (χ3n) is 4.61. The quantitative estimate of drug-likeness (QED) is 0.675. The van der Waals surface area contributed by atoms with Gasteiger partial charge >= 0.3 is 0 Å². The SMILES string of the molecule is Cc1ccc(/C=C/c2ccnc(N3c4ccccc4CC3C)n2)cc1. The van der Waals surface area contributed by atoms with Gasteiger partial charge < -0.3 is 4.90 Å². The first-order valence-corrected chi connectivity index (χ1v) is 8.65. The normalized spacial score (nSPS) is 16.4. The van der Waals surface area contributed by atoms with Crippen LogP contribution in [-0.4, -0.2) is 16.0 Å². The van der Waals surface area contributed by atoms with Crippen LogP contribution in [0.4, 0.5) is 11.6 Å². The van der Waals surface area contributed by atoms with Crippen LogP contribution in [0.25, 0.3) is 12.2 Å². The van der Waals surface area contributed by atoms with Gasteiger partial charge in [-0.2, -0.15) is 0 Å². The lowest BCUT2D eigenvalue weighted by Crippen LogP contribution is -2.25. The molecule has 1 atom stereocenters. The molecular formula is C22H21N3. The molecule has 1 unspecified atom stereocenters. The van der Waals surface area contributed by atoms with E-state index in [1.165, 1.54) is 22.4 Å². The van der Waals surface area contributed by atoms with Crippen molar-refractivity contribution in [3.63, 3.8) is 0 Å². The molecule has 3 nitrogen and oxygen atoms in total. The van der Waals surface area contributed by atoms with Crippen LogP contribution in [0.3, 0.4) is 0 Å². The van der Waals surface area contributed by atoms with E-state index in [9.17, 15) is 0 Å². The number of fused-ring (bicyclic) bond motifs is 1. The van der Waals surface area contributed by atoms with Crippen LogP contribution < -0.4 is 4.90 Å². The van der Waals surface area contributed by atoms with Gasteiger partial charge in [-0.15, -0.1) is 0 Å². The predicted octanol–water partition coefficient (Wildman–Crippen LogP) is 5.04. The standard InChI is InChI=1S/C22H21N3/c1-16-7-9-18(10-8-16)11-12-20-13-14-23-22(24-20)25-17(2)15-19-5-3-4-6-21(19)25/h3-14,17H,15H2,1-2H3/b12-11+. The summed E-state index contributed by atoms with van der Waals surface area (Å²) in [5, 5.41) is 0. The average molecular weight is 327 g/mol. The molecule has 1 aliphatic rings. The molecule has 0 amide bonds. The Bertz CT molecular complexity index is 913. The number of hydrogen-bond acceptors (Lipinski definition) is 3. The van der Waals surface area contributed by atoms with Crippen molar-refractivity contribution in [2.24, 2.45) is 0 Å². The maximum atomic E-state index is 4.76. The van der Waals surface area contributed by atoms with Crippen molar-refractivity contribution in [1.29, 1.82) is 0 Å². The Kier molecular flexibility index (Phi) is 4.06. The molecule has 1 aromatic heterocycles. The Hall–Kier alpha value is -2.94. The molecule has 0 radical (unpaired) electrons. The fourth-order valence-electron chi connectivity index (χ4n) is 3.30. The van der Waals surface area contributed by atoms with Crippen LogP contribution in [-0.2, 0) is 6.42 Å². The number of anilines is 2. The molecule has 25 heavy (non-hydrogen) atoms. The smallest absolute Gasteiger partial charge is 0.230 e. The molecule has 4 rings (SSSR count). The largest absolute Gasteiger partial charge is 0.307 e. The summed E-state index contributed by atoms with van der Waals surface area (Å²) in [6.45, 7) is 4.32. The average Bonchev–Trinajstić information content (AvgIpc) is 2.97. The van der Waals surface area contributed by atoms with Crippen molar-refractivity contribution in [1.82, 2.24) is 9.97 Å². The van der Waals surface area contributed by atoms with Crippen LogP contribution in [0.1, 0.15) is 29.3 Å². The maximum absolute atomic E-state index is 4.76. The topological polar surface area (TPSA) is 29.0 Å². The van der Waals surface area contributed by atoms with Gasteiger partial charge in [-0.3, -0.25) is 0 Å². The predicted molar refractivity (Wildman–Crippen MR) is 104 cm³/mol. The summed E-state index contributed by atoms with van der Waals surface area (Å²) in [4.78, 5) is 11.5. The summed E-state index contributed by atoms with van der Waals surface area (Å²) < 4.78 is 0. The monoisotopic (exact) mass is 327 g/mol. The molecule has 1 aliphatic heterocycles. The van der Waals surface area contributed by atoms with Gasteiger partial charge in [0.15, 0.2) is 0 Å². The number of benzene rings is 2. The van der Waals surface area contributed by atoms with Crippen molar-refractivity contribution >= 4 is 23.8 Å². The van der Waals surface area contributed by atoms with Gasteiger partial charge in [0.05, 0.1) is 5.69 Å². The van der Waals surface area contributed by atoms with Crippen molar-refractivity contribution in [2.45, 2.75) is 26.3 Å². The minimum atomic E-state index is 0.369. The van der Waals surface area contributed by atoms with Crippen molar-refractivity contribution in [2.75, 3.05) is 4.90 Å². The Labute approximate surface area is 148 Å². The van der Waals surface area contributed by atoms with Crippen molar-refractivity contribution < 1.29 is 0 Å². The first kappa shape index (κ1) is 15.6. The fourth-order valence-corrected chi connectivity index (χ4v) is 3.30. The summed E-state index contributed by atoms with van der Waals surface area (Å²) in [7, 11) is 0. The van der Waals surface area contributed by atoms with Gasteiger partial charge in [-0.25, -0.2) is 9.97 Å². The van der Waals surface area contributed by atoms with Gasteiger partial charge in [-0.1, -0.05) is 54.1 Å². The molecule has 0 saturated carbocycles. The van der Waals surface area contributed by atoms with E-state index in [4.69, 9.17) is 4.98 Å². The number of aromatic nitrogens is 2. The summed E-state index contributed by atoms with van der Waals surface area (Å²) >= 11 is 0. The third-order valence-corrected chi connectivity index (χ3v) is 4.61. The zero-order valence-corrected chi connectivity index (χ0v) is 14.6. The summed E-state index contributed by atoms with van der Waals surface area (Å²) in [5.74, 6) is 0.767. The second-order valence-corrected chi connectivity index (χ2v) is 6.58. The lowest BCUT2D eigenvalue weighted by molar-refractivity contribution is 0.739. The van der Waals surface area contributed by atoms with Crippen LogP contribution in [0.15, 0.2) is 60.8 Å². The van der Waals surface area contributed by atoms with Crippen LogP contribution in [0.2, 0.25) is 0 Å². The fraction of sp³-hybridized carbons (Fsp3) is 0.182. The second kappa shape index (κ2) is 6.52. The van der Waals surface area contributed by atoms with Crippen LogP contribution in [0, 0.1) is 6.92 Å². The number of para-hydroxylation sites is 1. The van der Waals surface area contributed by atoms with Crippen molar-refractivity contribution in [3.05, 3.63) is 83.2 Å². The van der Waals surface area contributed by atoms with Crippen LogP contribution in [0.5, 0.6) is 0 Å². The minimum absolute atomic E-state index is 0.369. The summed E-state index contributed by atoms with van der Waals surface area (Å²) in [6, 6.07) is 19.3. The molecule has 0 fully saturated rings. The van der Waals surface area contributed by atoms with E-state index in [0.717, 1.165) is 18.1 Å².